The monoisotopic (exact) mass is 614 g/mol. The molecule has 4 nitrogen and oxygen atoms in total. The van der Waals surface area contributed by atoms with E-state index in [4.69, 9.17) is 4.74 Å². The number of hydrogen-bond acceptors (Lipinski definition) is 3. The number of halogens is 3. The highest BCUT2D eigenvalue weighted by Gasteiger charge is 2.38. The van der Waals surface area contributed by atoms with Gasteiger partial charge in [0.2, 0.25) is 0 Å². The Balaban J connectivity index is 1.52. The van der Waals surface area contributed by atoms with Crippen LogP contribution in [-0.4, -0.2) is 17.0 Å². The van der Waals surface area contributed by atoms with Gasteiger partial charge in [0.1, 0.15) is 5.75 Å². The van der Waals surface area contributed by atoms with Crippen molar-refractivity contribution in [1.82, 2.24) is 0 Å². The Labute approximate surface area is 261 Å². The number of carboxylic acids is 1. The minimum atomic E-state index is -4.46. The number of alkyl halides is 3. The van der Waals surface area contributed by atoms with Crippen molar-refractivity contribution in [3.63, 3.8) is 0 Å². The molecule has 0 spiro atoms. The first-order chi connectivity index (χ1) is 21.1. The molecule has 0 radical (unpaired) electrons. The van der Waals surface area contributed by atoms with Gasteiger partial charge in [0.15, 0.2) is 0 Å². The summed E-state index contributed by atoms with van der Waals surface area (Å²) in [5, 5.41) is 9.79. The van der Waals surface area contributed by atoms with Gasteiger partial charge in [-0.05, 0) is 100 Å². The molecular formula is C38H37F3O4. The number of rotatable bonds is 8. The summed E-state index contributed by atoms with van der Waals surface area (Å²) >= 11 is 0. The molecule has 4 aromatic carbocycles. The van der Waals surface area contributed by atoms with Gasteiger partial charge < -0.3 is 9.84 Å². The van der Waals surface area contributed by atoms with Gasteiger partial charge in [0.25, 0.3) is 0 Å². The van der Waals surface area contributed by atoms with Crippen LogP contribution in [0, 0.1) is 0 Å². The van der Waals surface area contributed by atoms with E-state index in [2.05, 4.69) is 39.8 Å². The van der Waals surface area contributed by atoms with Gasteiger partial charge in [0, 0.05) is 0 Å². The molecular weight excluding hydrogens is 577 g/mol. The minimum Gasteiger partial charge on any atom is -0.478 e. The number of aromatic carboxylic acids is 1. The lowest BCUT2D eigenvalue weighted by atomic mass is 9.62. The van der Waals surface area contributed by atoms with E-state index < -0.39 is 29.6 Å². The summed E-state index contributed by atoms with van der Waals surface area (Å²) in [7, 11) is 0. The topological polar surface area (TPSA) is 63.6 Å². The summed E-state index contributed by atoms with van der Waals surface area (Å²) in [4.78, 5) is 25.9. The van der Waals surface area contributed by atoms with Crippen molar-refractivity contribution >= 4 is 11.9 Å². The number of ether oxygens (including phenoxy) is 1. The largest absolute Gasteiger partial charge is 0.478 e. The first-order valence-electron chi connectivity index (χ1n) is 15.1. The molecule has 0 amide bonds. The van der Waals surface area contributed by atoms with Crippen LogP contribution in [0.3, 0.4) is 0 Å². The Morgan fingerprint density at radius 3 is 2.07 bits per heavy atom. The van der Waals surface area contributed by atoms with Gasteiger partial charge >= 0.3 is 18.1 Å². The number of carbonyl (C=O) groups excluding carboxylic acids is 1. The summed E-state index contributed by atoms with van der Waals surface area (Å²) in [5.74, 6) is -2.27. The van der Waals surface area contributed by atoms with E-state index in [1.54, 1.807) is 6.07 Å². The van der Waals surface area contributed by atoms with E-state index in [-0.39, 0.29) is 28.6 Å². The molecule has 0 fully saturated rings. The smallest absolute Gasteiger partial charge is 0.416 e. The van der Waals surface area contributed by atoms with Crippen LogP contribution in [0.1, 0.15) is 95.8 Å². The molecule has 0 aromatic heterocycles. The second-order valence-corrected chi connectivity index (χ2v) is 13.2. The van der Waals surface area contributed by atoms with Crippen molar-refractivity contribution in [2.75, 3.05) is 0 Å². The highest BCUT2D eigenvalue weighted by molar-refractivity contribution is 5.90. The lowest BCUT2D eigenvalue weighted by Gasteiger charge is -2.42. The summed E-state index contributed by atoms with van der Waals surface area (Å²) in [5.41, 5.74) is 4.25. The molecule has 7 heteroatoms. The average molecular weight is 615 g/mol. The van der Waals surface area contributed by atoms with Crippen molar-refractivity contribution in [3.8, 4) is 5.75 Å². The van der Waals surface area contributed by atoms with E-state index in [1.165, 1.54) is 29.8 Å². The molecule has 1 atom stereocenters. The van der Waals surface area contributed by atoms with Gasteiger partial charge in [0.05, 0.1) is 17.0 Å². The van der Waals surface area contributed by atoms with Crippen LogP contribution in [0.15, 0.2) is 91.0 Å². The predicted molar refractivity (Wildman–Crippen MR) is 168 cm³/mol. The third-order valence-electron chi connectivity index (χ3n) is 9.05. The van der Waals surface area contributed by atoms with Crippen LogP contribution in [0.4, 0.5) is 13.2 Å². The molecule has 0 heterocycles. The normalized spacial score (nSPS) is 16.0. The molecule has 234 valence electrons. The van der Waals surface area contributed by atoms with Gasteiger partial charge in [-0.2, -0.15) is 13.2 Å². The molecule has 1 aliphatic rings. The number of esters is 1. The summed E-state index contributed by atoms with van der Waals surface area (Å²) < 4.78 is 45.7. The van der Waals surface area contributed by atoms with Crippen LogP contribution < -0.4 is 4.74 Å². The zero-order valence-electron chi connectivity index (χ0n) is 25.9. The van der Waals surface area contributed by atoms with Crippen molar-refractivity contribution in [2.24, 2.45) is 0 Å². The second-order valence-electron chi connectivity index (χ2n) is 13.2. The fraction of sp³-hybridized carbons (Fsp3) is 0.316. The van der Waals surface area contributed by atoms with Crippen molar-refractivity contribution in [3.05, 3.63) is 136 Å². The van der Waals surface area contributed by atoms with Crippen LogP contribution in [0.2, 0.25) is 0 Å². The SMILES string of the molecule is CC1(C)CCC(C)(C)c2cc(C(Cc3ccc(C(F)(F)F)cc3)C(=O)Oc3ccc(C(=O)O)c(Cc4ccccc4)c3)ccc21. The quantitative estimate of drug-likeness (QED) is 0.159. The second kappa shape index (κ2) is 12.2. The van der Waals surface area contributed by atoms with Crippen LogP contribution in [-0.2, 0) is 34.6 Å². The Morgan fingerprint density at radius 1 is 0.800 bits per heavy atom. The molecule has 1 N–H and O–H groups in total. The lowest BCUT2D eigenvalue weighted by Crippen LogP contribution is -2.34. The summed E-state index contributed by atoms with van der Waals surface area (Å²) in [6.45, 7) is 8.80. The average Bonchev–Trinajstić information content (AvgIpc) is 2.98. The van der Waals surface area contributed by atoms with Crippen molar-refractivity contribution < 1.29 is 32.6 Å². The maximum absolute atomic E-state index is 14.0. The third-order valence-corrected chi connectivity index (χ3v) is 9.05. The van der Waals surface area contributed by atoms with Crippen molar-refractivity contribution in [2.45, 2.75) is 76.3 Å². The van der Waals surface area contributed by atoms with Crippen LogP contribution in [0.5, 0.6) is 5.75 Å². The molecule has 1 aliphatic carbocycles. The van der Waals surface area contributed by atoms with E-state index in [0.717, 1.165) is 41.7 Å². The number of fused-ring (bicyclic) bond motifs is 1. The van der Waals surface area contributed by atoms with E-state index in [1.807, 2.05) is 36.4 Å². The van der Waals surface area contributed by atoms with E-state index in [9.17, 15) is 27.9 Å². The zero-order valence-corrected chi connectivity index (χ0v) is 25.9. The number of carboxylic acid groups (broad SMARTS) is 1. The fourth-order valence-electron chi connectivity index (χ4n) is 6.22. The molecule has 0 aliphatic heterocycles. The number of hydrogen-bond donors (Lipinski definition) is 1. The van der Waals surface area contributed by atoms with Gasteiger partial charge in [-0.3, -0.25) is 4.79 Å². The van der Waals surface area contributed by atoms with Gasteiger partial charge in [-0.15, -0.1) is 0 Å². The van der Waals surface area contributed by atoms with Gasteiger partial charge in [-0.1, -0.05) is 88.4 Å². The van der Waals surface area contributed by atoms with Crippen molar-refractivity contribution in [1.29, 1.82) is 0 Å². The molecule has 1 unspecified atom stereocenters. The van der Waals surface area contributed by atoms with Crippen LogP contribution in [0.25, 0.3) is 0 Å². The predicted octanol–water partition coefficient (Wildman–Crippen LogP) is 9.28. The third kappa shape index (κ3) is 7.14. The molecule has 0 saturated carbocycles. The lowest BCUT2D eigenvalue weighted by molar-refractivity contribution is -0.138. The summed E-state index contributed by atoms with van der Waals surface area (Å²) in [6.07, 6.45) is -2.00. The Morgan fingerprint density at radius 2 is 1.44 bits per heavy atom. The molecule has 45 heavy (non-hydrogen) atoms. The van der Waals surface area contributed by atoms with Crippen LogP contribution >= 0.6 is 0 Å². The summed E-state index contributed by atoms with van der Waals surface area (Å²) in [6, 6.07) is 24.7. The number of carbonyl (C=O) groups is 2. The van der Waals surface area contributed by atoms with E-state index in [0.29, 0.717) is 17.5 Å². The Kier molecular flexibility index (Phi) is 8.67. The fourth-order valence-corrected chi connectivity index (χ4v) is 6.22. The maximum atomic E-state index is 14.0. The first-order valence-corrected chi connectivity index (χ1v) is 15.1. The highest BCUT2D eigenvalue weighted by atomic mass is 19.4. The molecule has 4 aromatic rings. The number of benzene rings is 4. The molecule has 0 bridgehead atoms. The zero-order chi connectivity index (χ0) is 32.6. The highest BCUT2D eigenvalue weighted by Crippen LogP contribution is 2.46. The standard InChI is InChI=1S/C38H37F3O4/c1-36(2)18-19-37(3,4)33-23-26(12-17-32(33)36)31(21-25-10-13-28(14-11-25)38(39,40)41)35(44)45-29-15-16-30(34(42)43)27(22-29)20-24-8-6-5-7-9-24/h5-17,22-23,31H,18-21H2,1-4H3,(H,42,43). The molecule has 5 rings (SSSR count). The minimum absolute atomic E-state index is 0.0339. The first kappa shape index (κ1) is 32.0. The maximum Gasteiger partial charge on any atom is 0.416 e. The Bertz CT molecular complexity index is 1700. The Hall–Kier alpha value is -4.39. The van der Waals surface area contributed by atoms with Gasteiger partial charge in [-0.25, -0.2) is 4.79 Å². The van der Waals surface area contributed by atoms with E-state index >= 15 is 0 Å². The molecule has 0 saturated heterocycles.